The molecule has 0 atom stereocenters. The number of hydrogen-bond donors (Lipinski definition) is 1. The molecule has 0 amide bonds. The molecule has 0 radical (unpaired) electrons. The summed E-state index contributed by atoms with van der Waals surface area (Å²) < 4.78 is 8.04. The predicted molar refractivity (Wildman–Crippen MR) is 78.6 cm³/mol. The summed E-state index contributed by atoms with van der Waals surface area (Å²) in [6.07, 6.45) is 2.26. The average Bonchev–Trinajstić information content (AvgIpc) is 2.72. The number of benzene rings is 1. The zero-order chi connectivity index (χ0) is 11.4. The standard InChI is InChI=1S/C12H15BrINO/c13-11-6-9-2-5-16-12(9)10(7-11)8-15-4-1-3-14/h6-7,15H,1-5,8H2. The fourth-order valence-corrected chi connectivity index (χ4v) is 2.83. The van der Waals surface area contributed by atoms with Crippen molar-refractivity contribution in [2.75, 3.05) is 17.6 Å². The molecule has 16 heavy (non-hydrogen) atoms. The minimum Gasteiger partial charge on any atom is -0.493 e. The highest BCUT2D eigenvalue weighted by molar-refractivity contribution is 14.1. The van der Waals surface area contributed by atoms with Gasteiger partial charge in [0.15, 0.2) is 0 Å². The maximum atomic E-state index is 5.68. The lowest BCUT2D eigenvalue weighted by atomic mass is 10.1. The molecule has 0 aromatic heterocycles. The van der Waals surface area contributed by atoms with Gasteiger partial charge in [0.05, 0.1) is 6.61 Å². The second-order valence-electron chi connectivity index (χ2n) is 3.87. The van der Waals surface area contributed by atoms with Crippen LogP contribution in [-0.4, -0.2) is 17.6 Å². The van der Waals surface area contributed by atoms with Gasteiger partial charge >= 0.3 is 0 Å². The summed E-state index contributed by atoms with van der Waals surface area (Å²) in [6.45, 7) is 2.80. The van der Waals surface area contributed by atoms with E-state index in [4.69, 9.17) is 4.74 Å². The van der Waals surface area contributed by atoms with E-state index in [1.54, 1.807) is 0 Å². The van der Waals surface area contributed by atoms with Gasteiger partial charge in [0.1, 0.15) is 5.75 Å². The molecule has 4 heteroatoms. The van der Waals surface area contributed by atoms with E-state index in [0.29, 0.717) is 0 Å². The Hall–Kier alpha value is 0.190. The molecule has 1 aliphatic rings. The van der Waals surface area contributed by atoms with E-state index in [1.165, 1.54) is 22.0 Å². The molecule has 0 unspecified atom stereocenters. The Kier molecular flexibility index (Phi) is 4.91. The molecule has 0 bridgehead atoms. The highest BCUT2D eigenvalue weighted by atomic mass is 127. The van der Waals surface area contributed by atoms with Crippen LogP contribution in [0.25, 0.3) is 0 Å². The van der Waals surface area contributed by atoms with Crippen molar-refractivity contribution in [3.8, 4) is 5.75 Å². The quantitative estimate of drug-likeness (QED) is 0.469. The average molecular weight is 396 g/mol. The molecule has 1 heterocycles. The Bertz CT molecular complexity index is 370. The fraction of sp³-hybridized carbons (Fsp3) is 0.500. The van der Waals surface area contributed by atoms with Crippen LogP contribution in [0.15, 0.2) is 16.6 Å². The van der Waals surface area contributed by atoms with E-state index in [-0.39, 0.29) is 0 Å². The molecule has 1 aliphatic heterocycles. The molecule has 0 saturated carbocycles. The first-order valence-corrected chi connectivity index (χ1v) is 7.84. The third-order valence-corrected chi connectivity index (χ3v) is 3.85. The van der Waals surface area contributed by atoms with Crippen molar-refractivity contribution in [2.24, 2.45) is 0 Å². The van der Waals surface area contributed by atoms with Gasteiger partial charge in [0, 0.05) is 27.4 Å². The molecule has 2 nitrogen and oxygen atoms in total. The molecule has 1 aromatic rings. The number of nitrogens with one attached hydrogen (secondary N) is 1. The lowest BCUT2D eigenvalue weighted by Crippen LogP contribution is -2.15. The minimum absolute atomic E-state index is 0.826. The minimum atomic E-state index is 0.826. The Morgan fingerprint density at radius 1 is 1.44 bits per heavy atom. The van der Waals surface area contributed by atoms with Gasteiger partial charge in [0.25, 0.3) is 0 Å². The van der Waals surface area contributed by atoms with E-state index in [1.807, 2.05) is 0 Å². The Labute approximate surface area is 118 Å². The number of alkyl halides is 1. The number of rotatable bonds is 5. The molecular formula is C12H15BrINO. The predicted octanol–water partition coefficient (Wildman–Crippen LogP) is 3.30. The van der Waals surface area contributed by atoms with Crippen LogP contribution in [0.1, 0.15) is 17.5 Å². The second-order valence-corrected chi connectivity index (χ2v) is 5.87. The van der Waals surface area contributed by atoms with Gasteiger partial charge in [-0.15, -0.1) is 0 Å². The lowest BCUT2D eigenvalue weighted by molar-refractivity contribution is 0.352. The van der Waals surface area contributed by atoms with E-state index in [9.17, 15) is 0 Å². The van der Waals surface area contributed by atoms with E-state index in [2.05, 4.69) is 56.0 Å². The van der Waals surface area contributed by atoms with Gasteiger partial charge in [-0.3, -0.25) is 0 Å². The van der Waals surface area contributed by atoms with Crippen molar-refractivity contribution >= 4 is 38.5 Å². The fourth-order valence-electron chi connectivity index (χ4n) is 1.89. The number of halogens is 2. The summed E-state index contributed by atoms with van der Waals surface area (Å²) in [5, 5.41) is 3.45. The third kappa shape index (κ3) is 3.11. The Morgan fingerprint density at radius 2 is 2.31 bits per heavy atom. The molecule has 1 N–H and O–H groups in total. The van der Waals surface area contributed by atoms with Gasteiger partial charge in [-0.25, -0.2) is 0 Å². The normalized spacial score (nSPS) is 13.6. The van der Waals surface area contributed by atoms with Gasteiger partial charge in [-0.2, -0.15) is 0 Å². The molecule has 1 aromatic carbocycles. The summed E-state index contributed by atoms with van der Waals surface area (Å²) in [5.74, 6) is 1.10. The van der Waals surface area contributed by atoms with Crippen LogP contribution in [0.2, 0.25) is 0 Å². The van der Waals surface area contributed by atoms with Crippen LogP contribution in [0, 0.1) is 0 Å². The van der Waals surface area contributed by atoms with E-state index >= 15 is 0 Å². The van der Waals surface area contributed by atoms with Crippen LogP contribution in [0.5, 0.6) is 5.75 Å². The van der Waals surface area contributed by atoms with Crippen molar-refractivity contribution in [1.29, 1.82) is 0 Å². The Balaban J connectivity index is 2.03. The Morgan fingerprint density at radius 3 is 3.12 bits per heavy atom. The molecule has 88 valence electrons. The van der Waals surface area contributed by atoms with Gasteiger partial charge in [0.2, 0.25) is 0 Å². The van der Waals surface area contributed by atoms with Gasteiger partial charge in [-0.05, 0) is 30.7 Å². The van der Waals surface area contributed by atoms with Gasteiger partial charge < -0.3 is 10.1 Å². The second kappa shape index (κ2) is 6.21. The lowest BCUT2D eigenvalue weighted by Gasteiger charge is -2.09. The zero-order valence-corrected chi connectivity index (χ0v) is 12.8. The SMILES string of the molecule is Brc1cc2c(c(CNCCCI)c1)OCC2. The van der Waals surface area contributed by atoms with Crippen LogP contribution in [0.3, 0.4) is 0 Å². The van der Waals surface area contributed by atoms with Crippen molar-refractivity contribution in [3.05, 3.63) is 27.7 Å². The first-order valence-electron chi connectivity index (χ1n) is 5.52. The number of fused-ring (bicyclic) bond motifs is 1. The summed E-state index contributed by atoms with van der Waals surface area (Å²) >= 11 is 5.96. The third-order valence-electron chi connectivity index (χ3n) is 2.63. The molecule has 0 saturated heterocycles. The smallest absolute Gasteiger partial charge is 0.127 e. The molecule has 0 aliphatic carbocycles. The number of hydrogen-bond acceptors (Lipinski definition) is 2. The van der Waals surface area contributed by atoms with Crippen molar-refractivity contribution in [3.63, 3.8) is 0 Å². The summed E-state index contributed by atoms with van der Waals surface area (Å²) in [5.41, 5.74) is 2.61. The van der Waals surface area contributed by atoms with Crippen LogP contribution in [-0.2, 0) is 13.0 Å². The molecule has 0 fully saturated rings. The topological polar surface area (TPSA) is 21.3 Å². The highest BCUT2D eigenvalue weighted by Gasteiger charge is 2.16. The zero-order valence-electron chi connectivity index (χ0n) is 9.06. The highest BCUT2D eigenvalue weighted by Crippen LogP contribution is 2.32. The largest absolute Gasteiger partial charge is 0.493 e. The van der Waals surface area contributed by atoms with Crippen LogP contribution >= 0.6 is 38.5 Å². The van der Waals surface area contributed by atoms with Crippen molar-refractivity contribution in [1.82, 2.24) is 5.32 Å². The first kappa shape index (κ1) is 12.6. The molecule has 2 rings (SSSR count). The number of ether oxygens (including phenoxy) is 1. The first-order chi connectivity index (χ1) is 7.81. The maximum Gasteiger partial charge on any atom is 0.127 e. The van der Waals surface area contributed by atoms with Crippen LogP contribution < -0.4 is 10.1 Å². The van der Waals surface area contributed by atoms with Crippen LogP contribution in [0.4, 0.5) is 0 Å². The van der Waals surface area contributed by atoms with Crippen molar-refractivity contribution in [2.45, 2.75) is 19.4 Å². The van der Waals surface area contributed by atoms with Gasteiger partial charge in [-0.1, -0.05) is 38.5 Å². The molecule has 0 spiro atoms. The van der Waals surface area contributed by atoms with E-state index < -0.39 is 0 Å². The summed E-state index contributed by atoms with van der Waals surface area (Å²) in [7, 11) is 0. The summed E-state index contributed by atoms with van der Waals surface area (Å²) in [4.78, 5) is 0. The summed E-state index contributed by atoms with van der Waals surface area (Å²) in [6, 6.07) is 4.32. The van der Waals surface area contributed by atoms with Crippen molar-refractivity contribution < 1.29 is 4.74 Å². The van der Waals surface area contributed by atoms with E-state index in [0.717, 1.165) is 36.3 Å². The maximum absolute atomic E-state index is 5.68. The molecular weight excluding hydrogens is 381 g/mol. The monoisotopic (exact) mass is 395 g/mol.